The van der Waals surface area contributed by atoms with Crippen LogP contribution >= 0.6 is 11.3 Å². The molecule has 3 rings (SSSR count). The average molecular weight is 313 g/mol. The molecule has 1 heterocycles. The molecule has 1 amide bonds. The van der Waals surface area contributed by atoms with E-state index in [1.165, 1.54) is 29.7 Å². The second-order valence-corrected chi connectivity index (χ2v) is 6.01. The third-order valence-corrected chi connectivity index (χ3v) is 4.29. The van der Waals surface area contributed by atoms with Crippen molar-refractivity contribution in [1.82, 2.24) is 4.98 Å². The fourth-order valence-corrected chi connectivity index (χ4v) is 3.04. The highest BCUT2D eigenvalue weighted by Gasteiger charge is 2.27. The maximum absolute atomic E-state index is 11.4. The van der Waals surface area contributed by atoms with Gasteiger partial charge in [-0.3, -0.25) is 4.79 Å². The standard InChI is InChI=1S/C16H15N3O2S/c1-21-14-5-4-11(8-12(14)10-2-3-10)13-9-22-16(18-13)19-15(20)6-7-17/h4-5,8-10H,2-3,6H2,1H3,(H,18,19,20). The van der Waals surface area contributed by atoms with Crippen LogP contribution in [0.25, 0.3) is 11.3 Å². The van der Waals surface area contributed by atoms with Crippen LogP contribution in [0.5, 0.6) is 5.75 Å². The number of carbonyl (C=O) groups excluding carboxylic acids is 1. The van der Waals surface area contributed by atoms with Gasteiger partial charge in [-0.2, -0.15) is 5.26 Å². The van der Waals surface area contributed by atoms with Crippen LogP contribution in [0.3, 0.4) is 0 Å². The second kappa shape index (κ2) is 6.16. The highest BCUT2D eigenvalue weighted by molar-refractivity contribution is 7.14. The summed E-state index contributed by atoms with van der Waals surface area (Å²) in [5, 5.41) is 13.5. The molecular formula is C16H15N3O2S. The van der Waals surface area contributed by atoms with Gasteiger partial charge in [-0.25, -0.2) is 4.98 Å². The molecule has 6 heteroatoms. The van der Waals surface area contributed by atoms with Crippen molar-refractivity contribution in [2.45, 2.75) is 25.2 Å². The van der Waals surface area contributed by atoms with Crippen molar-refractivity contribution in [2.75, 3.05) is 12.4 Å². The summed E-state index contributed by atoms with van der Waals surface area (Å²) in [5.41, 5.74) is 3.06. The van der Waals surface area contributed by atoms with Gasteiger partial charge in [0.1, 0.15) is 12.2 Å². The minimum atomic E-state index is -0.336. The number of carbonyl (C=O) groups is 1. The van der Waals surface area contributed by atoms with E-state index in [1.807, 2.05) is 23.6 Å². The zero-order chi connectivity index (χ0) is 15.5. The van der Waals surface area contributed by atoms with Gasteiger partial charge in [-0.15, -0.1) is 11.3 Å². The molecular weight excluding hydrogens is 298 g/mol. The molecule has 22 heavy (non-hydrogen) atoms. The number of anilines is 1. The molecule has 112 valence electrons. The van der Waals surface area contributed by atoms with Gasteiger partial charge in [0.05, 0.1) is 18.9 Å². The Morgan fingerprint density at radius 1 is 1.55 bits per heavy atom. The van der Waals surface area contributed by atoms with Gasteiger partial charge < -0.3 is 10.1 Å². The minimum absolute atomic E-state index is 0.163. The highest BCUT2D eigenvalue weighted by atomic mass is 32.1. The molecule has 1 N–H and O–H groups in total. The van der Waals surface area contributed by atoms with Gasteiger partial charge >= 0.3 is 0 Å². The first kappa shape index (κ1) is 14.5. The van der Waals surface area contributed by atoms with E-state index in [1.54, 1.807) is 7.11 Å². The van der Waals surface area contributed by atoms with Crippen LogP contribution < -0.4 is 10.1 Å². The SMILES string of the molecule is COc1ccc(-c2csc(NC(=O)CC#N)n2)cc1C1CC1. The quantitative estimate of drug-likeness (QED) is 0.916. The normalized spacial score (nSPS) is 13.5. The van der Waals surface area contributed by atoms with E-state index in [9.17, 15) is 4.79 Å². The summed E-state index contributed by atoms with van der Waals surface area (Å²) in [6, 6.07) is 7.88. The van der Waals surface area contributed by atoms with Crippen molar-refractivity contribution in [1.29, 1.82) is 5.26 Å². The van der Waals surface area contributed by atoms with E-state index in [2.05, 4.69) is 16.4 Å². The monoisotopic (exact) mass is 313 g/mol. The molecule has 1 aliphatic carbocycles. The Balaban J connectivity index is 1.82. The number of nitrogens with one attached hydrogen (secondary N) is 1. The average Bonchev–Trinajstić information content (AvgIpc) is 3.27. The smallest absolute Gasteiger partial charge is 0.240 e. The van der Waals surface area contributed by atoms with E-state index >= 15 is 0 Å². The third-order valence-electron chi connectivity index (χ3n) is 3.53. The van der Waals surface area contributed by atoms with E-state index in [4.69, 9.17) is 10.00 Å². The number of ether oxygens (including phenoxy) is 1. The molecule has 1 saturated carbocycles. The maximum atomic E-state index is 11.4. The van der Waals surface area contributed by atoms with Gasteiger partial charge in [0.25, 0.3) is 0 Å². The number of amides is 1. The molecule has 1 aliphatic rings. The van der Waals surface area contributed by atoms with Crippen molar-refractivity contribution in [3.8, 4) is 23.1 Å². The number of nitrogens with zero attached hydrogens (tertiary/aromatic N) is 2. The summed E-state index contributed by atoms with van der Waals surface area (Å²) >= 11 is 1.35. The predicted octanol–water partition coefficient (Wildman–Crippen LogP) is 3.55. The molecule has 0 aliphatic heterocycles. The van der Waals surface area contributed by atoms with Gasteiger partial charge in [0.2, 0.25) is 5.91 Å². The first-order valence-corrected chi connectivity index (χ1v) is 7.90. The van der Waals surface area contributed by atoms with Crippen molar-refractivity contribution in [2.24, 2.45) is 0 Å². The first-order valence-electron chi connectivity index (χ1n) is 7.02. The Kier molecular flexibility index (Phi) is 4.07. The molecule has 0 radical (unpaired) electrons. The van der Waals surface area contributed by atoms with Crippen molar-refractivity contribution in [3.05, 3.63) is 29.1 Å². The van der Waals surface area contributed by atoms with Crippen LogP contribution in [0.1, 0.15) is 30.7 Å². The lowest BCUT2D eigenvalue weighted by Gasteiger charge is -2.09. The topological polar surface area (TPSA) is 75.0 Å². The van der Waals surface area contributed by atoms with Crippen molar-refractivity contribution < 1.29 is 9.53 Å². The number of thiazole rings is 1. The number of aromatic nitrogens is 1. The van der Waals surface area contributed by atoms with Gasteiger partial charge in [0, 0.05) is 10.9 Å². The fraction of sp³-hybridized carbons (Fsp3) is 0.312. The van der Waals surface area contributed by atoms with Crippen LogP contribution in [-0.4, -0.2) is 18.0 Å². The van der Waals surface area contributed by atoms with Crippen LogP contribution in [0.2, 0.25) is 0 Å². The second-order valence-electron chi connectivity index (χ2n) is 5.15. The predicted molar refractivity (Wildman–Crippen MR) is 84.9 cm³/mol. The van der Waals surface area contributed by atoms with Crippen molar-refractivity contribution >= 4 is 22.4 Å². The summed E-state index contributed by atoms with van der Waals surface area (Å²) in [6.45, 7) is 0. The van der Waals surface area contributed by atoms with Crippen molar-refractivity contribution in [3.63, 3.8) is 0 Å². The molecule has 2 aromatic rings. The van der Waals surface area contributed by atoms with Crippen LogP contribution in [0, 0.1) is 11.3 Å². The summed E-state index contributed by atoms with van der Waals surface area (Å²) in [4.78, 5) is 15.8. The summed E-state index contributed by atoms with van der Waals surface area (Å²) in [5.74, 6) is 1.17. The van der Waals surface area contributed by atoms with Gasteiger partial charge in [-0.1, -0.05) is 0 Å². The highest BCUT2D eigenvalue weighted by Crippen LogP contribution is 2.45. The number of rotatable bonds is 5. The molecule has 1 fully saturated rings. The van der Waals surface area contributed by atoms with E-state index in [-0.39, 0.29) is 12.3 Å². The number of nitriles is 1. The summed E-state index contributed by atoms with van der Waals surface area (Å²) < 4.78 is 5.42. The van der Waals surface area contributed by atoms with Crippen LogP contribution in [-0.2, 0) is 4.79 Å². The number of methoxy groups -OCH3 is 1. The molecule has 1 aromatic carbocycles. The van der Waals surface area contributed by atoms with Crippen LogP contribution in [0.15, 0.2) is 23.6 Å². The van der Waals surface area contributed by atoms with Crippen LogP contribution in [0.4, 0.5) is 5.13 Å². The molecule has 0 spiro atoms. The maximum Gasteiger partial charge on any atom is 0.240 e. The Bertz CT molecular complexity index is 744. The first-order chi connectivity index (χ1) is 10.7. The Morgan fingerprint density at radius 2 is 2.36 bits per heavy atom. The molecule has 0 atom stereocenters. The Labute approximate surface area is 132 Å². The lowest BCUT2D eigenvalue weighted by Crippen LogP contribution is -2.09. The third kappa shape index (κ3) is 3.10. The summed E-state index contributed by atoms with van der Waals surface area (Å²) in [6.07, 6.45) is 2.24. The Hall–Kier alpha value is -2.39. The zero-order valence-electron chi connectivity index (χ0n) is 12.1. The lowest BCUT2D eigenvalue weighted by molar-refractivity contribution is -0.115. The molecule has 0 unspecified atom stereocenters. The minimum Gasteiger partial charge on any atom is -0.496 e. The Morgan fingerprint density at radius 3 is 3.05 bits per heavy atom. The van der Waals surface area contributed by atoms with Gasteiger partial charge in [-0.05, 0) is 42.5 Å². The van der Waals surface area contributed by atoms with E-state index < -0.39 is 0 Å². The molecule has 0 saturated heterocycles. The molecule has 0 bridgehead atoms. The zero-order valence-corrected chi connectivity index (χ0v) is 12.9. The van der Waals surface area contributed by atoms with E-state index in [0.29, 0.717) is 11.0 Å². The summed E-state index contributed by atoms with van der Waals surface area (Å²) in [7, 11) is 1.69. The lowest BCUT2D eigenvalue weighted by atomic mass is 10.0. The largest absolute Gasteiger partial charge is 0.496 e. The molecule has 5 nitrogen and oxygen atoms in total. The number of benzene rings is 1. The molecule has 1 aromatic heterocycles. The van der Waals surface area contributed by atoms with E-state index in [0.717, 1.165) is 17.0 Å². The number of hydrogen-bond donors (Lipinski definition) is 1. The fourth-order valence-electron chi connectivity index (χ4n) is 2.31. The number of hydrogen-bond acceptors (Lipinski definition) is 5. The van der Waals surface area contributed by atoms with Gasteiger partial charge in [0.15, 0.2) is 5.13 Å².